The van der Waals surface area contributed by atoms with Gasteiger partial charge in [0.05, 0.1) is 12.2 Å². The van der Waals surface area contributed by atoms with Crippen molar-refractivity contribution in [2.45, 2.75) is 78.0 Å². The van der Waals surface area contributed by atoms with E-state index in [1.807, 2.05) is 38.1 Å². The van der Waals surface area contributed by atoms with Crippen molar-refractivity contribution in [1.82, 2.24) is 5.32 Å². The molecule has 2 aromatic rings. The molecule has 0 aromatic heterocycles. The SMILES string of the molecule is Cc1ccc([C@]2(CC(=O)NCc3ccc(OC(C)C)cc3)CCO[C@H](C(C)C)C2)cc1. The minimum absolute atomic E-state index is 0.0903. The first kappa shape index (κ1) is 23.3. The molecule has 0 saturated carbocycles. The number of carbonyl (C=O) groups excluding carboxylic acids is 1. The molecular weight excluding hydrogens is 386 g/mol. The number of hydrogen-bond acceptors (Lipinski definition) is 3. The highest BCUT2D eigenvalue weighted by Crippen LogP contribution is 2.42. The van der Waals surface area contributed by atoms with E-state index in [0.717, 1.165) is 24.2 Å². The second-order valence-corrected chi connectivity index (χ2v) is 9.52. The van der Waals surface area contributed by atoms with Gasteiger partial charge in [0, 0.05) is 25.0 Å². The molecule has 1 amide bonds. The van der Waals surface area contributed by atoms with Crippen molar-refractivity contribution >= 4 is 5.91 Å². The Hall–Kier alpha value is -2.33. The predicted molar refractivity (Wildman–Crippen MR) is 125 cm³/mol. The van der Waals surface area contributed by atoms with Crippen LogP contribution in [0.5, 0.6) is 5.75 Å². The first-order chi connectivity index (χ1) is 14.8. The first-order valence-electron chi connectivity index (χ1n) is 11.5. The summed E-state index contributed by atoms with van der Waals surface area (Å²) in [5.74, 6) is 1.37. The average Bonchev–Trinajstić information content (AvgIpc) is 2.73. The number of hydrogen-bond donors (Lipinski definition) is 1. The number of nitrogens with one attached hydrogen (secondary N) is 1. The van der Waals surface area contributed by atoms with E-state index in [-0.39, 0.29) is 23.5 Å². The Balaban J connectivity index is 1.69. The van der Waals surface area contributed by atoms with Crippen molar-refractivity contribution in [3.8, 4) is 5.75 Å². The molecule has 31 heavy (non-hydrogen) atoms. The molecule has 2 aromatic carbocycles. The van der Waals surface area contributed by atoms with Gasteiger partial charge < -0.3 is 14.8 Å². The van der Waals surface area contributed by atoms with E-state index in [0.29, 0.717) is 25.5 Å². The maximum absolute atomic E-state index is 13.0. The third-order valence-corrected chi connectivity index (χ3v) is 6.20. The normalized spacial score (nSPS) is 21.3. The molecule has 0 radical (unpaired) electrons. The highest BCUT2D eigenvalue weighted by molar-refractivity contribution is 5.77. The molecule has 0 unspecified atom stereocenters. The van der Waals surface area contributed by atoms with Crippen molar-refractivity contribution in [2.75, 3.05) is 6.61 Å². The summed E-state index contributed by atoms with van der Waals surface area (Å²) in [4.78, 5) is 13.0. The fourth-order valence-electron chi connectivity index (χ4n) is 4.34. The molecule has 1 aliphatic heterocycles. The van der Waals surface area contributed by atoms with Gasteiger partial charge in [-0.2, -0.15) is 0 Å². The Morgan fingerprint density at radius 3 is 2.39 bits per heavy atom. The molecule has 2 atom stereocenters. The minimum atomic E-state index is -0.181. The van der Waals surface area contributed by atoms with Gasteiger partial charge in [0.25, 0.3) is 0 Å². The summed E-state index contributed by atoms with van der Waals surface area (Å²) in [6, 6.07) is 16.6. The zero-order valence-corrected chi connectivity index (χ0v) is 19.6. The van der Waals surface area contributed by atoms with Crippen LogP contribution in [0.3, 0.4) is 0 Å². The second-order valence-electron chi connectivity index (χ2n) is 9.52. The summed E-state index contributed by atoms with van der Waals surface area (Å²) >= 11 is 0. The summed E-state index contributed by atoms with van der Waals surface area (Å²) in [5.41, 5.74) is 3.37. The van der Waals surface area contributed by atoms with Crippen LogP contribution in [0.4, 0.5) is 0 Å². The third kappa shape index (κ3) is 6.33. The lowest BCUT2D eigenvalue weighted by atomic mass is 9.68. The van der Waals surface area contributed by atoms with Gasteiger partial charge in [-0.25, -0.2) is 0 Å². The Morgan fingerprint density at radius 2 is 1.77 bits per heavy atom. The fourth-order valence-corrected chi connectivity index (χ4v) is 4.34. The lowest BCUT2D eigenvalue weighted by molar-refractivity contribution is -0.124. The molecule has 1 N–H and O–H groups in total. The van der Waals surface area contributed by atoms with Crippen LogP contribution in [0.15, 0.2) is 48.5 Å². The van der Waals surface area contributed by atoms with Crippen molar-refractivity contribution in [2.24, 2.45) is 5.92 Å². The largest absolute Gasteiger partial charge is 0.491 e. The Kier molecular flexibility index (Phi) is 7.77. The molecule has 1 heterocycles. The first-order valence-corrected chi connectivity index (χ1v) is 11.5. The van der Waals surface area contributed by atoms with Crippen molar-refractivity contribution < 1.29 is 14.3 Å². The summed E-state index contributed by atoms with van der Waals surface area (Å²) < 4.78 is 11.7. The zero-order chi connectivity index (χ0) is 22.4. The van der Waals surface area contributed by atoms with Gasteiger partial charge >= 0.3 is 0 Å². The summed E-state index contributed by atoms with van der Waals surface area (Å²) in [6.45, 7) is 11.7. The van der Waals surface area contributed by atoms with Gasteiger partial charge in [-0.05, 0) is 62.8 Å². The molecular formula is C27H37NO3. The Labute approximate surface area is 187 Å². The van der Waals surface area contributed by atoms with Crippen molar-refractivity contribution in [1.29, 1.82) is 0 Å². The molecule has 1 fully saturated rings. The summed E-state index contributed by atoms with van der Waals surface area (Å²) in [7, 11) is 0. The second kappa shape index (κ2) is 10.3. The number of benzene rings is 2. The molecule has 0 aliphatic carbocycles. The maximum Gasteiger partial charge on any atom is 0.221 e. The van der Waals surface area contributed by atoms with Gasteiger partial charge in [-0.15, -0.1) is 0 Å². The van der Waals surface area contributed by atoms with Crippen molar-refractivity contribution in [3.63, 3.8) is 0 Å². The van der Waals surface area contributed by atoms with Gasteiger partial charge in [-0.1, -0.05) is 55.8 Å². The number of carbonyl (C=O) groups is 1. The molecule has 0 spiro atoms. The third-order valence-electron chi connectivity index (χ3n) is 6.20. The standard InChI is InChI=1S/C27H37NO3/c1-19(2)25-16-27(14-15-30-25,23-10-6-21(5)7-11-23)17-26(29)28-18-22-8-12-24(13-9-22)31-20(3)4/h6-13,19-20,25H,14-18H2,1-5H3,(H,28,29)/t25-,27+/m0/s1. The van der Waals surface area contributed by atoms with Crippen LogP contribution in [-0.2, 0) is 21.5 Å². The average molecular weight is 424 g/mol. The van der Waals surface area contributed by atoms with Gasteiger partial charge in [-0.3, -0.25) is 4.79 Å². The fraction of sp³-hybridized carbons (Fsp3) is 0.519. The van der Waals surface area contributed by atoms with Crippen LogP contribution < -0.4 is 10.1 Å². The molecule has 1 saturated heterocycles. The summed E-state index contributed by atoms with van der Waals surface area (Å²) in [5, 5.41) is 3.14. The number of amides is 1. The van der Waals surface area contributed by atoms with Crippen molar-refractivity contribution in [3.05, 3.63) is 65.2 Å². The highest BCUT2D eigenvalue weighted by Gasteiger charge is 2.41. The molecule has 0 bridgehead atoms. The Bertz CT molecular complexity index is 842. The number of rotatable bonds is 8. The number of aryl methyl sites for hydroxylation is 1. The van der Waals surface area contributed by atoms with Crippen LogP contribution in [0.2, 0.25) is 0 Å². The zero-order valence-electron chi connectivity index (χ0n) is 19.6. The lowest BCUT2D eigenvalue weighted by Crippen LogP contribution is -2.44. The van der Waals surface area contributed by atoms with E-state index >= 15 is 0 Å². The number of ether oxygens (including phenoxy) is 2. The topological polar surface area (TPSA) is 47.6 Å². The summed E-state index contributed by atoms with van der Waals surface area (Å²) in [6.07, 6.45) is 2.56. The van der Waals surface area contributed by atoms with E-state index in [1.54, 1.807) is 0 Å². The quantitative estimate of drug-likeness (QED) is 0.604. The van der Waals surface area contributed by atoms with E-state index in [2.05, 4.69) is 50.4 Å². The molecule has 3 rings (SSSR count). The van der Waals surface area contributed by atoms with Gasteiger partial charge in [0.2, 0.25) is 5.91 Å². The molecule has 4 heteroatoms. The van der Waals surface area contributed by atoms with E-state index in [4.69, 9.17) is 9.47 Å². The van der Waals surface area contributed by atoms with Crippen LogP contribution in [-0.4, -0.2) is 24.7 Å². The minimum Gasteiger partial charge on any atom is -0.491 e. The predicted octanol–water partition coefficient (Wildman–Crippen LogP) is 5.56. The van der Waals surface area contributed by atoms with E-state index in [9.17, 15) is 4.79 Å². The van der Waals surface area contributed by atoms with E-state index in [1.165, 1.54) is 11.1 Å². The van der Waals surface area contributed by atoms with Gasteiger partial charge in [0.15, 0.2) is 0 Å². The monoisotopic (exact) mass is 423 g/mol. The van der Waals surface area contributed by atoms with Crippen LogP contribution >= 0.6 is 0 Å². The molecule has 168 valence electrons. The van der Waals surface area contributed by atoms with Crippen LogP contribution in [0, 0.1) is 12.8 Å². The Morgan fingerprint density at radius 1 is 1.10 bits per heavy atom. The lowest BCUT2D eigenvalue weighted by Gasteiger charge is -2.42. The molecule has 4 nitrogen and oxygen atoms in total. The van der Waals surface area contributed by atoms with Crippen LogP contribution in [0.25, 0.3) is 0 Å². The van der Waals surface area contributed by atoms with Crippen LogP contribution in [0.1, 0.15) is 63.6 Å². The molecule has 1 aliphatic rings. The van der Waals surface area contributed by atoms with Gasteiger partial charge in [0.1, 0.15) is 5.75 Å². The maximum atomic E-state index is 13.0. The van der Waals surface area contributed by atoms with E-state index < -0.39 is 0 Å². The highest BCUT2D eigenvalue weighted by atomic mass is 16.5. The smallest absolute Gasteiger partial charge is 0.221 e.